The first-order chi connectivity index (χ1) is 18.5. The average Bonchev–Trinajstić information content (AvgIpc) is 2.97. The van der Waals surface area contributed by atoms with Gasteiger partial charge >= 0.3 is 5.97 Å². The Morgan fingerprint density at radius 1 is 1.05 bits per heavy atom. The molecule has 1 N–H and O–H groups in total. The zero-order valence-electron chi connectivity index (χ0n) is 22.5. The smallest absolute Gasteiger partial charge is 0.333 e. The fraction of sp³-hybridized carbons (Fsp3) is 0.387. The van der Waals surface area contributed by atoms with E-state index in [1.54, 1.807) is 19.4 Å². The number of quaternary nitrogens is 1. The molecule has 3 fully saturated rings. The molecule has 0 saturated carbocycles. The van der Waals surface area contributed by atoms with E-state index in [1.165, 1.54) is 5.56 Å². The maximum atomic E-state index is 13.7. The second-order valence-electron chi connectivity index (χ2n) is 10.5. The molecule has 0 spiro atoms. The largest absolute Gasteiger partial charge is 1.00 e. The molecule has 0 radical (unpaired) electrons. The van der Waals surface area contributed by atoms with Gasteiger partial charge in [-0.15, -0.1) is 0 Å². The summed E-state index contributed by atoms with van der Waals surface area (Å²) in [6.07, 6.45) is 4.26. The van der Waals surface area contributed by atoms with Crippen molar-refractivity contribution < 1.29 is 36.0 Å². The number of anilines is 1. The van der Waals surface area contributed by atoms with Crippen molar-refractivity contribution in [2.24, 2.45) is 5.92 Å². The number of aromatic nitrogens is 1. The monoisotopic (exact) mass is 549 g/mol. The molecular weight excluding hydrogens is 514 g/mol. The Hall–Kier alpha value is -3.42. The van der Waals surface area contributed by atoms with Crippen molar-refractivity contribution in [2.75, 3.05) is 38.6 Å². The third kappa shape index (κ3) is 6.60. The fourth-order valence-corrected chi connectivity index (χ4v) is 5.82. The van der Waals surface area contributed by atoms with Crippen LogP contribution in [-0.4, -0.2) is 60.6 Å². The van der Waals surface area contributed by atoms with Crippen molar-refractivity contribution in [3.05, 3.63) is 89.6 Å². The molecule has 2 aromatic carbocycles. The zero-order valence-corrected chi connectivity index (χ0v) is 23.3. The number of ether oxygens (including phenoxy) is 2. The Bertz CT molecular complexity index is 1260. The summed E-state index contributed by atoms with van der Waals surface area (Å²) in [5, 5.41) is 3.39. The van der Waals surface area contributed by atoms with Crippen LogP contribution in [0.4, 0.5) is 5.69 Å². The van der Waals surface area contributed by atoms with Gasteiger partial charge in [-0.1, -0.05) is 49.4 Å². The molecule has 3 aliphatic heterocycles. The molecule has 2 bridgehead atoms. The maximum absolute atomic E-state index is 13.7. The van der Waals surface area contributed by atoms with E-state index in [9.17, 15) is 9.59 Å². The molecule has 6 rings (SSSR count). The summed E-state index contributed by atoms with van der Waals surface area (Å²) in [4.78, 5) is 31.1. The third-order valence-electron chi connectivity index (χ3n) is 8.07. The lowest BCUT2D eigenvalue weighted by Crippen LogP contribution is -3.00. The van der Waals surface area contributed by atoms with Crippen molar-refractivity contribution in [2.45, 2.75) is 38.3 Å². The number of hydrogen-bond acceptors (Lipinski definition) is 6. The summed E-state index contributed by atoms with van der Waals surface area (Å²) in [6.45, 7) is 5.12. The molecule has 1 aromatic heterocycles. The number of aryl methyl sites for hydroxylation is 1. The number of piperidine rings is 3. The molecular formula is C31H36ClN3O4. The van der Waals surface area contributed by atoms with Gasteiger partial charge in [-0.05, 0) is 30.2 Å². The van der Waals surface area contributed by atoms with E-state index in [0.717, 1.165) is 43.6 Å². The molecule has 3 aliphatic rings. The number of nitrogens with zero attached hydrogens (tertiary/aromatic N) is 2. The van der Waals surface area contributed by atoms with Crippen LogP contribution in [0.1, 0.15) is 47.3 Å². The lowest BCUT2D eigenvalue weighted by Gasteiger charge is -2.51. The van der Waals surface area contributed by atoms with Gasteiger partial charge in [0.1, 0.15) is 13.1 Å². The first-order valence-corrected chi connectivity index (χ1v) is 13.5. The number of esters is 1. The summed E-state index contributed by atoms with van der Waals surface area (Å²) >= 11 is 0. The van der Waals surface area contributed by atoms with E-state index in [1.807, 2.05) is 48.5 Å². The predicted molar refractivity (Wildman–Crippen MR) is 146 cm³/mol. The van der Waals surface area contributed by atoms with Crippen LogP contribution in [0.25, 0.3) is 0 Å². The number of Topliss-reactive ketones (excluding diaryl/α,β-unsaturated/α-hetero) is 1. The number of halogens is 1. The Balaban J connectivity index is 0.00000353. The first kappa shape index (κ1) is 28.6. The summed E-state index contributed by atoms with van der Waals surface area (Å²) in [7, 11) is 1.57. The Morgan fingerprint density at radius 2 is 1.82 bits per heavy atom. The Kier molecular flexibility index (Phi) is 9.25. The summed E-state index contributed by atoms with van der Waals surface area (Å²) < 4.78 is 12.1. The minimum atomic E-state index is -0.713. The van der Waals surface area contributed by atoms with Gasteiger partial charge in [0.2, 0.25) is 11.7 Å². The number of benzene rings is 2. The SMILES string of the molecule is CCc1cccc(NC(C(=O)O[C@H]2C[N+]3(CC(=O)c4ccccc4)CCC2CC3)c2ccc(OC)nc2)c1.[Cl-]. The van der Waals surface area contributed by atoms with Gasteiger partial charge in [-0.2, -0.15) is 0 Å². The van der Waals surface area contributed by atoms with Crippen LogP contribution in [-0.2, 0) is 16.0 Å². The molecule has 3 aromatic rings. The maximum Gasteiger partial charge on any atom is 0.333 e. The van der Waals surface area contributed by atoms with Crippen LogP contribution in [0.15, 0.2) is 72.9 Å². The van der Waals surface area contributed by atoms with Crippen LogP contribution in [0, 0.1) is 5.92 Å². The number of methoxy groups -OCH3 is 1. The lowest BCUT2D eigenvalue weighted by molar-refractivity contribution is -0.938. The van der Waals surface area contributed by atoms with Crippen LogP contribution >= 0.6 is 0 Å². The Labute approximate surface area is 236 Å². The van der Waals surface area contributed by atoms with E-state index in [4.69, 9.17) is 9.47 Å². The highest BCUT2D eigenvalue weighted by Gasteiger charge is 2.49. The molecule has 2 atom stereocenters. The second-order valence-corrected chi connectivity index (χ2v) is 10.5. The zero-order chi connectivity index (χ0) is 26.5. The molecule has 0 aliphatic carbocycles. The highest BCUT2D eigenvalue weighted by Crippen LogP contribution is 2.37. The van der Waals surface area contributed by atoms with Crippen molar-refractivity contribution in [3.8, 4) is 5.88 Å². The van der Waals surface area contributed by atoms with Crippen molar-refractivity contribution in [1.82, 2.24) is 4.98 Å². The number of hydrogen-bond donors (Lipinski definition) is 1. The number of rotatable bonds is 10. The van der Waals surface area contributed by atoms with Gasteiger partial charge in [-0.25, -0.2) is 9.78 Å². The van der Waals surface area contributed by atoms with Crippen molar-refractivity contribution in [3.63, 3.8) is 0 Å². The molecule has 206 valence electrons. The van der Waals surface area contributed by atoms with Crippen molar-refractivity contribution >= 4 is 17.4 Å². The second kappa shape index (κ2) is 12.6. The molecule has 1 unspecified atom stereocenters. The third-order valence-corrected chi connectivity index (χ3v) is 8.07. The van der Waals surface area contributed by atoms with E-state index in [0.29, 0.717) is 34.9 Å². The lowest BCUT2D eigenvalue weighted by atomic mass is 9.82. The van der Waals surface area contributed by atoms with Crippen LogP contribution in [0.5, 0.6) is 5.88 Å². The van der Waals surface area contributed by atoms with Crippen LogP contribution in [0.3, 0.4) is 0 Å². The molecule has 8 heteroatoms. The molecule has 3 saturated heterocycles. The number of nitrogens with one attached hydrogen (secondary N) is 1. The van der Waals surface area contributed by atoms with Gasteiger partial charge in [0, 0.05) is 47.8 Å². The number of fused-ring (bicyclic) bond motifs is 3. The summed E-state index contributed by atoms with van der Waals surface area (Å²) in [5.74, 6) is 0.630. The normalized spacial score (nSPS) is 22.3. The van der Waals surface area contributed by atoms with Gasteiger partial charge in [0.25, 0.3) is 0 Å². The van der Waals surface area contributed by atoms with E-state index in [-0.39, 0.29) is 30.3 Å². The minimum Gasteiger partial charge on any atom is -1.00 e. The number of carbonyl (C=O) groups excluding carboxylic acids is 2. The number of carbonyl (C=O) groups is 2. The minimum absolute atomic E-state index is 0. The van der Waals surface area contributed by atoms with Crippen LogP contribution in [0.2, 0.25) is 0 Å². The molecule has 0 amide bonds. The van der Waals surface area contributed by atoms with E-state index in [2.05, 4.69) is 29.4 Å². The average molecular weight is 550 g/mol. The fourth-order valence-electron chi connectivity index (χ4n) is 5.82. The predicted octanol–water partition coefficient (Wildman–Crippen LogP) is 1.84. The molecule has 4 heterocycles. The molecule has 7 nitrogen and oxygen atoms in total. The highest BCUT2D eigenvalue weighted by atomic mass is 35.5. The highest BCUT2D eigenvalue weighted by molar-refractivity contribution is 5.97. The molecule has 39 heavy (non-hydrogen) atoms. The van der Waals surface area contributed by atoms with Gasteiger partial charge in [-0.3, -0.25) is 4.79 Å². The van der Waals surface area contributed by atoms with Gasteiger partial charge in [0.05, 0.1) is 20.2 Å². The van der Waals surface area contributed by atoms with Gasteiger partial charge in [0.15, 0.2) is 12.1 Å². The summed E-state index contributed by atoms with van der Waals surface area (Å²) in [5.41, 5.74) is 3.49. The first-order valence-electron chi connectivity index (χ1n) is 13.5. The van der Waals surface area contributed by atoms with Crippen molar-refractivity contribution in [1.29, 1.82) is 0 Å². The van der Waals surface area contributed by atoms with Gasteiger partial charge < -0.3 is 31.7 Å². The number of ketones is 1. The summed E-state index contributed by atoms with van der Waals surface area (Å²) in [6, 6.07) is 20.4. The van der Waals surface area contributed by atoms with E-state index >= 15 is 0 Å². The Morgan fingerprint density at radius 3 is 2.49 bits per heavy atom. The number of pyridine rings is 1. The topological polar surface area (TPSA) is 77.5 Å². The quantitative estimate of drug-likeness (QED) is 0.236. The standard InChI is InChI=1S/C31H36N3O4.ClH/c1-3-22-8-7-11-26(18-22)33-30(25-12-13-29(37-2)32-19-25)31(36)38-28-21-34(16-14-24(28)15-17-34)20-27(35)23-9-5-4-6-10-23;/h4-13,18-19,24,28,30,33H,3,14-17,20-21H2,1-2H3;1H/q+1;/p-1/t24?,28-,30?,34?;/m0./s1. The van der Waals surface area contributed by atoms with E-state index < -0.39 is 6.04 Å². The van der Waals surface area contributed by atoms with Crippen LogP contribution < -0.4 is 22.5 Å².